The highest BCUT2D eigenvalue weighted by Crippen LogP contribution is 2.24. The predicted octanol–water partition coefficient (Wildman–Crippen LogP) is 4.10. The lowest BCUT2D eigenvalue weighted by Crippen LogP contribution is -2.27. The normalized spacial score (nSPS) is 11.8. The Balaban J connectivity index is 1.72. The molecule has 1 heterocycles. The maximum Gasteiger partial charge on any atom is 0.255 e. The Hall–Kier alpha value is -2.86. The van der Waals surface area contributed by atoms with Crippen LogP contribution in [0.2, 0.25) is 5.02 Å². The number of aromatic nitrogens is 2. The Bertz CT molecular complexity index is 910. The molecule has 6 nitrogen and oxygen atoms in total. The quantitative estimate of drug-likeness (QED) is 0.705. The average Bonchev–Trinajstić information content (AvgIpc) is 3.05. The Kier molecular flexibility index (Phi) is 5.53. The molecule has 0 bridgehead atoms. The van der Waals surface area contributed by atoms with Gasteiger partial charge in [-0.15, -0.1) is 0 Å². The number of nitrogens with zero attached hydrogens (tertiary/aromatic N) is 2. The SMILES string of the molecule is Cc1nc(COc2ccccc2C(=O)N[C@H](C)c2ccccc2Cl)no1. The molecule has 26 heavy (non-hydrogen) atoms. The molecule has 0 aliphatic heterocycles. The molecule has 3 rings (SSSR count). The smallest absolute Gasteiger partial charge is 0.255 e. The monoisotopic (exact) mass is 371 g/mol. The summed E-state index contributed by atoms with van der Waals surface area (Å²) in [6.45, 7) is 3.69. The maximum absolute atomic E-state index is 12.7. The van der Waals surface area contributed by atoms with E-state index in [1.54, 1.807) is 37.3 Å². The fraction of sp³-hybridized carbons (Fsp3) is 0.211. The van der Waals surface area contributed by atoms with Crippen LogP contribution in [0.5, 0.6) is 5.75 Å². The van der Waals surface area contributed by atoms with Crippen molar-refractivity contribution in [3.63, 3.8) is 0 Å². The van der Waals surface area contributed by atoms with Crippen molar-refractivity contribution in [3.8, 4) is 5.75 Å². The van der Waals surface area contributed by atoms with E-state index in [2.05, 4.69) is 15.5 Å². The zero-order chi connectivity index (χ0) is 18.5. The number of carbonyl (C=O) groups is 1. The molecular formula is C19H18ClN3O3. The summed E-state index contributed by atoms with van der Waals surface area (Å²) in [5.74, 6) is 1.07. The minimum absolute atomic E-state index is 0.113. The molecule has 0 spiro atoms. The van der Waals surface area contributed by atoms with Crippen LogP contribution in [-0.2, 0) is 6.61 Å². The number of hydrogen-bond donors (Lipinski definition) is 1. The average molecular weight is 372 g/mol. The third-order valence-electron chi connectivity index (χ3n) is 3.78. The lowest BCUT2D eigenvalue weighted by atomic mass is 10.1. The van der Waals surface area contributed by atoms with E-state index in [0.29, 0.717) is 28.1 Å². The lowest BCUT2D eigenvalue weighted by Gasteiger charge is -2.17. The summed E-state index contributed by atoms with van der Waals surface area (Å²) in [5, 5.41) is 7.33. The van der Waals surface area contributed by atoms with Gasteiger partial charge in [-0.25, -0.2) is 0 Å². The van der Waals surface area contributed by atoms with Crippen LogP contribution in [-0.4, -0.2) is 16.0 Å². The molecule has 0 aliphatic carbocycles. The Labute approximate surface area is 156 Å². The van der Waals surface area contributed by atoms with Crippen LogP contribution < -0.4 is 10.1 Å². The lowest BCUT2D eigenvalue weighted by molar-refractivity contribution is 0.0935. The molecule has 0 saturated carbocycles. The van der Waals surface area contributed by atoms with E-state index in [1.165, 1.54) is 0 Å². The van der Waals surface area contributed by atoms with E-state index >= 15 is 0 Å². The number of benzene rings is 2. The second-order valence-corrected chi connectivity index (χ2v) is 6.14. The number of aryl methyl sites for hydroxylation is 1. The summed E-state index contributed by atoms with van der Waals surface area (Å²) < 4.78 is 10.6. The summed E-state index contributed by atoms with van der Waals surface area (Å²) in [5.41, 5.74) is 1.27. The Morgan fingerprint density at radius 2 is 1.96 bits per heavy atom. The van der Waals surface area contributed by atoms with E-state index in [-0.39, 0.29) is 18.6 Å². The number of para-hydroxylation sites is 1. The van der Waals surface area contributed by atoms with Crippen molar-refractivity contribution < 1.29 is 14.1 Å². The topological polar surface area (TPSA) is 77.2 Å². The second-order valence-electron chi connectivity index (χ2n) is 5.73. The molecule has 0 unspecified atom stereocenters. The zero-order valence-corrected chi connectivity index (χ0v) is 15.2. The summed E-state index contributed by atoms with van der Waals surface area (Å²) in [7, 11) is 0. The van der Waals surface area contributed by atoms with Gasteiger partial charge in [0.25, 0.3) is 5.91 Å². The van der Waals surface area contributed by atoms with E-state index in [1.807, 2.05) is 25.1 Å². The van der Waals surface area contributed by atoms with Crippen molar-refractivity contribution in [1.29, 1.82) is 0 Å². The van der Waals surface area contributed by atoms with Gasteiger partial charge in [0.05, 0.1) is 11.6 Å². The molecule has 1 atom stereocenters. The van der Waals surface area contributed by atoms with Crippen LogP contribution in [0.15, 0.2) is 53.1 Å². The predicted molar refractivity (Wildman–Crippen MR) is 97.1 cm³/mol. The van der Waals surface area contributed by atoms with Crippen molar-refractivity contribution in [2.24, 2.45) is 0 Å². The summed E-state index contributed by atoms with van der Waals surface area (Å²) in [6, 6.07) is 14.2. The maximum atomic E-state index is 12.7. The van der Waals surface area contributed by atoms with Crippen LogP contribution in [0.1, 0.15) is 40.6 Å². The number of hydrogen-bond acceptors (Lipinski definition) is 5. The number of halogens is 1. The van der Waals surface area contributed by atoms with Crippen molar-refractivity contribution in [1.82, 2.24) is 15.5 Å². The minimum Gasteiger partial charge on any atom is -0.485 e. The van der Waals surface area contributed by atoms with E-state index in [0.717, 1.165) is 5.56 Å². The molecule has 0 fully saturated rings. The summed E-state index contributed by atoms with van der Waals surface area (Å²) in [4.78, 5) is 16.8. The molecule has 1 aromatic heterocycles. The molecule has 0 radical (unpaired) electrons. The third-order valence-corrected chi connectivity index (χ3v) is 4.12. The highest BCUT2D eigenvalue weighted by Gasteiger charge is 2.17. The van der Waals surface area contributed by atoms with Crippen LogP contribution in [0.25, 0.3) is 0 Å². The van der Waals surface area contributed by atoms with Crippen LogP contribution in [0.3, 0.4) is 0 Å². The van der Waals surface area contributed by atoms with E-state index < -0.39 is 0 Å². The van der Waals surface area contributed by atoms with Crippen molar-refractivity contribution in [2.45, 2.75) is 26.5 Å². The number of nitrogens with one attached hydrogen (secondary N) is 1. The highest BCUT2D eigenvalue weighted by molar-refractivity contribution is 6.31. The van der Waals surface area contributed by atoms with Crippen molar-refractivity contribution in [2.75, 3.05) is 0 Å². The second kappa shape index (κ2) is 8.01. The minimum atomic E-state index is -0.252. The Morgan fingerprint density at radius 3 is 2.69 bits per heavy atom. The van der Waals surface area contributed by atoms with Gasteiger partial charge in [0.15, 0.2) is 6.61 Å². The van der Waals surface area contributed by atoms with Crippen molar-refractivity contribution in [3.05, 3.63) is 76.4 Å². The molecule has 1 amide bonds. The van der Waals surface area contributed by atoms with E-state index in [9.17, 15) is 4.79 Å². The van der Waals surface area contributed by atoms with Crippen LogP contribution in [0, 0.1) is 6.92 Å². The first kappa shape index (κ1) is 17.9. The largest absolute Gasteiger partial charge is 0.485 e. The number of carbonyl (C=O) groups excluding carboxylic acids is 1. The van der Waals surface area contributed by atoms with Crippen LogP contribution in [0.4, 0.5) is 0 Å². The third kappa shape index (κ3) is 4.21. The molecule has 0 aliphatic rings. The number of amides is 1. The molecule has 1 N–H and O–H groups in total. The van der Waals surface area contributed by atoms with E-state index in [4.69, 9.17) is 20.9 Å². The number of ether oxygens (including phenoxy) is 1. The standard InChI is InChI=1S/C19H18ClN3O3/c1-12(14-7-3-5-9-16(14)20)21-19(24)15-8-4-6-10-17(15)25-11-18-22-13(2)26-23-18/h3-10,12H,11H2,1-2H3,(H,21,24)/t12-/m1/s1. The van der Waals surface area contributed by atoms with Gasteiger partial charge in [-0.3, -0.25) is 4.79 Å². The fourth-order valence-electron chi connectivity index (χ4n) is 2.50. The van der Waals surface area contributed by atoms with Crippen molar-refractivity contribution >= 4 is 17.5 Å². The van der Waals surface area contributed by atoms with Gasteiger partial charge >= 0.3 is 0 Å². The zero-order valence-electron chi connectivity index (χ0n) is 14.4. The van der Waals surface area contributed by atoms with Gasteiger partial charge < -0.3 is 14.6 Å². The summed E-state index contributed by atoms with van der Waals surface area (Å²) >= 11 is 6.20. The van der Waals surface area contributed by atoms with Gasteiger partial charge in [-0.2, -0.15) is 4.98 Å². The summed E-state index contributed by atoms with van der Waals surface area (Å²) in [6.07, 6.45) is 0. The van der Waals surface area contributed by atoms with Gasteiger partial charge in [0.2, 0.25) is 11.7 Å². The molecule has 3 aromatic rings. The first-order valence-electron chi connectivity index (χ1n) is 8.11. The Morgan fingerprint density at radius 1 is 1.23 bits per heavy atom. The van der Waals surface area contributed by atoms with Gasteiger partial charge in [0, 0.05) is 11.9 Å². The molecule has 2 aromatic carbocycles. The number of rotatable bonds is 6. The highest BCUT2D eigenvalue weighted by atomic mass is 35.5. The van der Waals surface area contributed by atoms with Gasteiger partial charge in [-0.1, -0.05) is 47.1 Å². The first-order valence-corrected chi connectivity index (χ1v) is 8.48. The van der Waals surface area contributed by atoms with Gasteiger partial charge in [0.1, 0.15) is 5.75 Å². The molecule has 134 valence electrons. The molecular weight excluding hydrogens is 354 g/mol. The molecule has 0 saturated heterocycles. The van der Waals surface area contributed by atoms with Gasteiger partial charge in [-0.05, 0) is 30.7 Å². The fourth-order valence-corrected chi connectivity index (χ4v) is 2.80. The molecule has 7 heteroatoms. The first-order chi connectivity index (χ1) is 12.5. The van der Waals surface area contributed by atoms with Crippen LogP contribution >= 0.6 is 11.6 Å².